The molecule has 0 heterocycles. The van der Waals surface area contributed by atoms with E-state index >= 15 is 0 Å². The van der Waals surface area contributed by atoms with Crippen LogP contribution in [0, 0.1) is 11.8 Å². The number of sulfonamides is 1. The van der Waals surface area contributed by atoms with Crippen LogP contribution in [-0.2, 0) is 32.4 Å². The number of rotatable bonds is 10. The number of Topliss-reactive ketones (excluding diaryl/α,β-unsaturated/α-hetero) is 1. The molecule has 7 heteroatoms. The van der Waals surface area contributed by atoms with Gasteiger partial charge in [-0.05, 0) is 61.1 Å². The largest absolute Gasteiger partial charge is 0.497 e. The highest BCUT2D eigenvalue weighted by Crippen LogP contribution is 2.32. The molecule has 5 nitrogen and oxygen atoms in total. The number of benzene rings is 2. The number of nitrogens with one attached hydrogen (secondary N) is 1. The Hall–Kier alpha value is -2.15. The van der Waals surface area contributed by atoms with Crippen LogP contribution in [0.2, 0.25) is 5.02 Å². The zero-order valence-corrected chi connectivity index (χ0v) is 20.3. The lowest BCUT2D eigenvalue weighted by Gasteiger charge is -2.12. The Labute approximate surface area is 195 Å². The summed E-state index contributed by atoms with van der Waals surface area (Å²) in [5.74, 6) is 1.29. The summed E-state index contributed by atoms with van der Waals surface area (Å²) in [5.41, 5.74) is 2.83. The summed E-state index contributed by atoms with van der Waals surface area (Å²) in [6.07, 6.45) is 1.84. The molecular weight excluding hydrogens is 446 g/mol. The molecule has 0 bridgehead atoms. The van der Waals surface area contributed by atoms with Crippen molar-refractivity contribution in [2.45, 2.75) is 44.9 Å². The summed E-state index contributed by atoms with van der Waals surface area (Å²) in [7, 11) is -3.58. The Morgan fingerprint density at radius 2 is 1.81 bits per heavy atom. The van der Waals surface area contributed by atoms with Crippen LogP contribution in [0.25, 0.3) is 0 Å². The van der Waals surface area contributed by atoms with Crippen molar-refractivity contribution in [3.63, 3.8) is 0 Å². The van der Waals surface area contributed by atoms with Gasteiger partial charge in [0.15, 0.2) is 5.78 Å². The maximum absolute atomic E-state index is 12.7. The quantitative estimate of drug-likeness (QED) is 0.528. The first-order chi connectivity index (χ1) is 15.2. The van der Waals surface area contributed by atoms with Crippen molar-refractivity contribution in [3.8, 4) is 0 Å². The van der Waals surface area contributed by atoms with Gasteiger partial charge in [0.2, 0.25) is 10.0 Å². The summed E-state index contributed by atoms with van der Waals surface area (Å²) in [6.45, 7) is 6.93. The van der Waals surface area contributed by atoms with E-state index in [1.807, 2.05) is 31.2 Å². The van der Waals surface area contributed by atoms with Gasteiger partial charge in [-0.25, -0.2) is 13.1 Å². The third kappa shape index (κ3) is 6.44. The molecule has 0 aromatic heterocycles. The zero-order valence-electron chi connectivity index (χ0n) is 18.7. The van der Waals surface area contributed by atoms with Crippen LogP contribution < -0.4 is 4.72 Å². The second kappa shape index (κ2) is 10.6. The van der Waals surface area contributed by atoms with Gasteiger partial charge >= 0.3 is 0 Å². The average molecular weight is 476 g/mol. The number of carbonyl (C=O) groups is 1. The summed E-state index contributed by atoms with van der Waals surface area (Å²) < 4.78 is 33.3. The molecule has 1 N–H and O–H groups in total. The number of ether oxygens (including phenoxy) is 1. The Morgan fingerprint density at radius 3 is 2.50 bits per heavy atom. The number of hydrogen-bond acceptors (Lipinski definition) is 4. The minimum atomic E-state index is -3.58. The van der Waals surface area contributed by atoms with Crippen LogP contribution >= 0.6 is 11.6 Å². The van der Waals surface area contributed by atoms with Crippen LogP contribution in [0.4, 0.5) is 0 Å². The van der Waals surface area contributed by atoms with E-state index in [9.17, 15) is 13.2 Å². The molecule has 2 aromatic rings. The van der Waals surface area contributed by atoms with E-state index in [2.05, 4.69) is 18.6 Å². The van der Waals surface area contributed by atoms with Crippen molar-refractivity contribution in [2.75, 3.05) is 13.2 Å². The Kier molecular flexibility index (Phi) is 8.15. The van der Waals surface area contributed by atoms with Crippen molar-refractivity contribution in [1.29, 1.82) is 0 Å². The average Bonchev–Trinajstić information content (AvgIpc) is 3.00. The minimum Gasteiger partial charge on any atom is -0.497 e. The van der Waals surface area contributed by atoms with Gasteiger partial charge in [-0.15, -0.1) is 0 Å². The van der Waals surface area contributed by atoms with Crippen LogP contribution in [0.5, 0.6) is 0 Å². The molecule has 0 fully saturated rings. The van der Waals surface area contributed by atoms with Gasteiger partial charge in [0.1, 0.15) is 5.76 Å². The van der Waals surface area contributed by atoms with Gasteiger partial charge in [0, 0.05) is 29.5 Å². The highest BCUT2D eigenvalue weighted by molar-refractivity contribution is 7.89. The highest BCUT2D eigenvalue weighted by Gasteiger charge is 2.31. The smallest absolute Gasteiger partial charge is 0.240 e. The standard InChI is InChI=1S/C25H30ClNO4S/c1-17(2)16-31-24-15-21(25(28)18(24)3)14-20-6-4-5-19(13-20)11-12-27-32(29,30)23-9-7-22(26)8-10-23/h4-10,13,17,21,27H,11-12,14-16H2,1-3H3. The summed E-state index contributed by atoms with van der Waals surface area (Å²) >= 11 is 5.83. The van der Waals surface area contributed by atoms with Gasteiger partial charge < -0.3 is 4.74 Å². The Morgan fingerprint density at radius 1 is 1.12 bits per heavy atom. The third-order valence-corrected chi connectivity index (χ3v) is 7.21. The SMILES string of the molecule is CC1=C(OCC(C)C)CC(Cc2cccc(CCNS(=O)(=O)c3ccc(Cl)cc3)c2)C1=O. The van der Waals surface area contributed by atoms with Crippen molar-refractivity contribution in [2.24, 2.45) is 11.8 Å². The zero-order chi connectivity index (χ0) is 23.3. The maximum atomic E-state index is 12.7. The van der Waals surface area contributed by atoms with Gasteiger partial charge in [-0.2, -0.15) is 0 Å². The van der Waals surface area contributed by atoms with Gasteiger partial charge in [-0.3, -0.25) is 4.79 Å². The molecule has 3 rings (SSSR count). The summed E-state index contributed by atoms with van der Waals surface area (Å²) in [5, 5.41) is 0.491. The molecule has 1 aliphatic rings. The van der Waals surface area contributed by atoms with E-state index < -0.39 is 10.0 Å². The molecule has 0 amide bonds. The summed E-state index contributed by atoms with van der Waals surface area (Å²) in [4.78, 5) is 12.9. The fraction of sp³-hybridized carbons (Fsp3) is 0.400. The molecule has 1 unspecified atom stereocenters. The third-order valence-electron chi connectivity index (χ3n) is 5.48. The predicted molar refractivity (Wildman–Crippen MR) is 127 cm³/mol. The van der Waals surface area contributed by atoms with E-state index in [1.165, 1.54) is 12.1 Å². The first kappa shape index (κ1) is 24.5. The summed E-state index contributed by atoms with van der Waals surface area (Å²) in [6, 6.07) is 14.1. The van der Waals surface area contributed by atoms with E-state index in [-0.39, 0.29) is 23.1 Å². The second-order valence-corrected chi connectivity index (χ2v) is 10.8. The molecule has 0 spiro atoms. The van der Waals surface area contributed by atoms with E-state index in [1.54, 1.807) is 12.1 Å². The number of carbonyl (C=O) groups excluding carboxylic acids is 1. The molecule has 0 radical (unpaired) electrons. The number of hydrogen-bond donors (Lipinski definition) is 1. The lowest BCUT2D eigenvalue weighted by atomic mass is 9.94. The Balaban J connectivity index is 1.56. The van der Waals surface area contributed by atoms with Gasteiger partial charge in [0.25, 0.3) is 0 Å². The fourth-order valence-electron chi connectivity index (χ4n) is 3.74. The predicted octanol–water partition coefficient (Wildman–Crippen LogP) is 4.94. The van der Waals surface area contributed by atoms with Crippen LogP contribution in [-0.4, -0.2) is 27.4 Å². The molecule has 0 saturated heterocycles. The molecule has 2 aromatic carbocycles. The van der Waals surface area contributed by atoms with Crippen molar-refractivity contribution >= 4 is 27.4 Å². The number of ketones is 1. The molecule has 172 valence electrons. The molecule has 0 aliphatic heterocycles. The number of allylic oxidation sites excluding steroid dienone is 2. The first-order valence-electron chi connectivity index (χ1n) is 10.9. The molecule has 32 heavy (non-hydrogen) atoms. The monoisotopic (exact) mass is 475 g/mol. The van der Waals surface area contributed by atoms with E-state index in [0.29, 0.717) is 36.8 Å². The van der Waals surface area contributed by atoms with Crippen molar-refractivity contribution in [3.05, 3.63) is 76.0 Å². The van der Waals surface area contributed by atoms with E-state index in [4.69, 9.17) is 16.3 Å². The molecule has 0 saturated carbocycles. The highest BCUT2D eigenvalue weighted by atomic mass is 35.5. The second-order valence-electron chi connectivity index (χ2n) is 8.64. The topological polar surface area (TPSA) is 72.5 Å². The van der Waals surface area contributed by atoms with Crippen LogP contribution in [0.1, 0.15) is 38.3 Å². The molecule has 1 atom stereocenters. The van der Waals surface area contributed by atoms with Crippen molar-refractivity contribution < 1.29 is 17.9 Å². The molecule has 1 aliphatic carbocycles. The van der Waals surface area contributed by atoms with Gasteiger partial charge in [0.05, 0.1) is 11.5 Å². The van der Waals surface area contributed by atoms with Crippen molar-refractivity contribution in [1.82, 2.24) is 4.72 Å². The lowest BCUT2D eigenvalue weighted by Crippen LogP contribution is -2.26. The fourth-order valence-corrected chi connectivity index (χ4v) is 4.89. The number of halogens is 1. The van der Waals surface area contributed by atoms with Crippen LogP contribution in [0.3, 0.4) is 0 Å². The van der Waals surface area contributed by atoms with E-state index in [0.717, 1.165) is 22.5 Å². The Bertz CT molecular complexity index is 1090. The lowest BCUT2D eigenvalue weighted by molar-refractivity contribution is -0.118. The van der Waals surface area contributed by atoms with Gasteiger partial charge in [-0.1, -0.05) is 49.7 Å². The maximum Gasteiger partial charge on any atom is 0.240 e. The normalized spacial score (nSPS) is 16.8. The minimum absolute atomic E-state index is 0.101. The van der Waals surface area contributed by atoms with Crippen LogP contribution in [0.15, 0.2) is 64.8 Å². The molecular formula is C25H30ClNO4S. The first-order valence-corrected chi connectivity index (χ1v) is 12.7.